The lowest BCUT2D eigenvalue weighted by Gasteiger charge is -2.16. The molecule has 0 amide bonds. The van der Waals surface area contributed by atoms with Crippen LogP contribution in [0.3, 0.4) is 0 Å². The van der Waals surface area contributed by atoms with Crippen LogP contribution in [0.25, 0.3) is 16.7 Å². The van der Waals surface area contributed by atoms with Gasteiger partial charge in [-0.05, 0) is 35.1 Å². The highest BCUT2D eigenvalue weighted by Crippen LogP contribution is 2.32. The maximum atomic E-state index is 4.22. The molecule has 0 saturated carbocycles. The van der Waals surface area contributed by atoms with E-state index in [2.05, 4.69) is 74.0 Å². The Bertz CT molecular complexity index is 680. The van der Waals surface area contributed by atoms with Gasteiger partial charge in [-0.3, -0.25) is 4.98 Å². The highest BCUT2D eigenvalue weighted by atomic mass is 14.6. The number of nitrogens with zero attached hydrogens (tertiary/aromatic N) is 1. The molecule has 0 fully saturated rings. The van der Waals surface area contributed by atoms with E-state index in [1.165, 1.54) is 23.1 Å². The smallest absolute Gasteiger partial charge is 0.0346 e. The minimum Gasteiger partial charge on any atom is -0.264 e. The Morgan fingerprint density at radius 3 is 2.52 bits per heavy atom. The predicted molar refractivity (Wildman–Crippen MR) is 101 cm³/mol. The van der Waals surface area contributed by atoms with E-state index in [-0.39, 0.29) is 0 Å². The highest BCUT2D eigenvalue weighted by Gasteiger charge is 2.11. The fraction of sp³-hybridized carbons (Fsp3) is 0.227. The Morgan fingerprint density at radius 2 is 1.87 bits per heavy atom. The molecule has 3 rings (SSSR count). The third-order valence-corrected chi connectivity index (χ3v) is 3.61. The van der Waals surface area contributed by atoms with Crippen LogP contribution in [0.15, 0.2) is 79.7 Å². The number of aromatic nitrogens is 1. The minimum atomic E-state index is 0.428. The van der Waals surface area contributed by atoms with E-state index in [9.17, 15) is 0 Å². The van der Waals surface area contributed by atoms with Gasteiger partial charge in [-0.1, -0.05) is 74.9 Å². The van der Waals surface area contributed by atoms with Gasteiger partial charge in [0.1, 0.15) is 0 Å². The summed E-state index contributed by atoms with van der Waals surface area (Å²) in [6.07, 6.45) is 14.7. The van der Waals surface area contributed by atoms with Crippen molar-refractivity contribution >= 4 is 5.57 Å². The van der Waals surface area contributed by atoms with Crippen LogP contribution in [0, 0.1) is 5.92 Å². The van der Waals surface area contributed by atoms with Gasteiger partial charge in [0.05, 0.1) is 0 Å². The molecular formula is C22H25N. The zero-order valence-electron chi connectivity index (χ0n) is 14.1. The Morgan fingerprint density at radius 1 is 1.13 bits per heavy atom. The average Bonchev–Trinajstić information content (AvgIpc) is 2.63. The van der Waals surface area contributed by atoms with Crippen LogP contribution >= 0.6 is 0 Å². The first-order valence-corrected chi connectivity index (χ1v) is 8.30. The van der Waals surface area contributed by atoms with Gasteiger partial charge in [-0.25, -0.2) is 0 Å². The molecule has 0 saturated heterocycles. The van der Waals surface area contributed by atoms with Gasteiger partial charge in [-0.2, -0.15) is 0 Å². The molecule has 1 heteroatoms. The monoisotopic (exact) mass is 303 g/mol. The molecule has 1 aliphatic carbocycles. The summed E-state index contributed by atoms with van der Waals surface area (Å²) in [5.74, 6) is 0.428. The van der Waals surface area contributed by atoms with E-state index in [0.717, 1.165) is 12.0 Å². The van der Waals surface area contributed by atoms with E-state index < -0.39 is 0 Å². The van der Waals surface area contributed by atoms with Crippen molar-refractivity contribution in [1.82, 2.24) is 4.98 Å². The van der Waals surface area contributed by atoms with Gasteiger partial charge in [0, 0.05) is 18.0 Å². The third kappa shape index (κ3) is 4.53. The third-order valence-electron chi connectivity index (χ3n) is 3.61. The summed E-state index contributed by atoms with van der Waals surface area (Å²) >= 11 is 0. The van der Waals surface area contributed by atoms with E-state index in [0.29, 0.717) is 5.92 Å². The standard InChI is InChI=1S/C19H17N.C3H8/c1-2-15-7-5-8-16(13-15)18-10-3-4-11-19(18)17-9-6-12-20-14-17;1-3-2/h2-6,8-15H,1,7H2;3H2,1-2H3. The number of benzene rings is 1. The number of pyridine rings is 1. The van der Waals surface area contributed by atoms with E-state index in [4.69, 9.17) is 0 Å². The molecule has 1 aliphatic rings. The van der Waals surface area contributed by atoms with Crippen LogP contribution in [0.4, 0.5) is 0 Å². The zero-order valence-corrected chi connectivity index (χ0v) is 14.1. The predicted octanol–water partition coefficient (Wildman–Crippen LogP) is 6.31. The summed E-state index contributed by atoms with van der Waals surface area (Å²) in [4.78, 5) is 4.22. The SMILES string of the molecule is C=CC1C=C(c2ccccc2-c2cccnc2)C=CC1.CCC. The molecule has 1 aromatic carbocycles. The van der Waals surface area contributed by atoms with E-state index in [1.54, 1.807) is 6.20 Å². The second kappa shape index (κ2) is 8.89. The van der Waals surface area contributed by atoms with Crippen LogP contribution in [-0.2, 0) is 0 Å². The molecule has 0 spiro atoms. The quantitative estimate of drug-likeness (QED) is 0.605. The van der Waals surface area contributed by atoms with Crippen LogP contribution in [0.2, 0.25) is 0 Å². The van der Waals surface area contributed by atoms with Gasteiger partial charge >= 0.3 is 0 Å². The molecule has 23 heavy (non-hydrogen) atoms. The maximum absolute atomic E-state index is 4.22. The van der Waals surface area contributed by atoms with Crippen molar-refractivity contribution < 1.29 is 0 Å². The second-order valence-corrected chi connectivity index (χ2v) is 5.65. The molecule has 0 radical (unpaired) electrons. The van der Waals surface area contributed by atoms with E-state index in [1.807, 2.05) is 18.3 Å². The summed E-state index contributed by atoms with van der Waals surface area (Å²) in [7, 11) is 0. The van der Waals surface area contributed by atoms with Gasteiger partial charge in [0.15, 0.2) is 0 Å². The van der Waals surface area contributed by atoms with Crippen molar-refractivity contribution in [1.29, 1.82) is 0 Å². The molecule has 2 aromatic rings. The van der Waals surface area contributed by atoms with Gasteiger partial charge in [0.2, 0.25) is 0 Å². The van der Waals surface area contributed by atoms with Crippen LogP contribution in [0.1, 0.15) is 32.3 Å². The fourth-order valence-corrected chi connectivity index (χ4v) is 2.56. The molecule has 1 atom stereocenters. The second-order valence-electron chi connectivity index (χ2n) is 5.65. The molecule has 1 heterocycles. The van der Waals surface area contributed by atoms with Crippen LogP contribution < -0.4 is 0 Å². The summed E-state index contributed by atoms with van der Waals surface area (Å²) in [6.45, 7) is 8.15. The maximum Gasteiger partial charge on any atom is 0.0346 e. The highest BCUT2D eigenvalue weighted by molar-refractivity contribution is 5.85. The lowest BCUT2D eigenvalue weighted by molar-refractivity contribution is 0.828. The van der Waals surface area contributed by atoms with E-state index >= 15 is 0 Å². The van der Waals surface area contributed by atoms with Gasteiger partial charge < -0.3 is 0 Å². The van der Waals surface area contributed by atoms with Crippen molar-refractivity contribution in [3.05, 3.63) is 85.2 Å². The van der Waals surface area contributed by atoms with Gasteiger partial charge in [0.25, 0.3) is 0 Å². The largest absolute Gasteiger partial charge is 0.264 e. The molecule has 1 nitrogen and oxygen atoms in total. The summed E-state index contributed by atoms with van der Waals surface area (Å²) < 4.78 is 0. The van der Waals surface area contributed by atoms with Crippen LogP contribution in [0.5, 0.6) is 0 Å². The topological polar surface area (TPSA) is 12.9 Å². The van der Waals surface area contributed by atoms with Crippen molar-refractivity contribution in [2.24, 2.45) is 5.92 Å². The Balaban J connectivity index is 0.000000595. The molecule has 118 valence electrons. The fourth-order valence-electron chi connectivity index (χ4n) is 2.56. The number of rotatable bonds is 3. The number of allylic oxidation sites excluding steroid dienone is 5. The van der Waals surface area contributed by atoms with Crippen molar-refractivity contribution in [2.45, 2.75) is 26.7 Å². The zero-order chi connectivity index (χ0) is 16.5. The Kier molecular flexibility index (Phi) is 6.56. The Labute approximate surface area is 140 Å². The average molecular weight is 303 g/mol. The first-order valence-electron chi connectivity index (χ1n) is 8.30. The summed E-state index contributed by atoms with van der Waals surface area (Å²) in [5, 5.41) is 0. The van der Waals surface area contributed by atoms with Crippen LogP contribution in [-0.4, -0.2) is 4.98 Å². The molecule has 0 N–H and O–H groups in total. The minimum absolute atomic E-state index is 0.428. The lowest BCUT2D eigenvalue weighted by atomic mass is 9.89. The Hall–Kier alpha value is -2.41. The molecule has 0 aliphatic heterocycles. The lowest BCUT2D eigenvalue weighted by Crippen LogP contribution is -1.97. The first-order chi connectivity index (χ1) is 11.3. The normalized spacial score (nSPS) is 16.1. The molecule has 1 aromatic heterocycles. The van der Waals surface area contributed by atoms with Gasteiger partial charge in [-0.15, -0.1) is 6.58 Å². The molecule has 1 unspecified atom stereocenters. The first kappa shape index (κ1) is 17.0. The van der Waals surface area contributed by atoms with Crippen molar-refractivity contribution in [2.75, 3.05) is 0 Å². The molecular weight excluding hydrogens is 278 g/mol. The summed E-state index contributed by atoms with van der Waals surface area (Å²) in [6, 6.07) is 12.6. The number of hydrogen-bond donors (Lipinski definition) is 0. The number of hydrogen-bond acceptors (Lipinski definition) is 1. The molecule has 0 bridgehead atoms. The van der Waals surface area contributed by atoms with Crippen molar-refractivity contribution in [3.63, 3.8) is 0 Å². The summed E-state index contributed by atoms with van der Waals surface area (Å²) in [5.41, 5.74) is 4.89. The van der Waals surface area contributed by atoms with Crippen molar-refractivity contribution in [3.8, 4) is 11.1 Å².